The Balaban J connectivity index is 2.61. The first-order valence-electron chi connectivity index (χ1n) is 4.53. The molecule has 0 radical (unpaired) electrons. The fraction of sp³-hybridized carbons (Fsp3) is 0.273. The van der Waals surface area contributed by atoms with E-state index < -0.39 is 0 Å². The van der Waals surface area contributed by atoms with Crippen molar-refractivity contribution in [1.29, 1.82) is 0 Å². The van der Waals surface area contributed by atoms with Crippen molar-refractivity contribution in [2.45, 2.75) is 6.42 Å². The summed E-state index contributed by atoms with van der Waals surface area (Å²) >= 11 is 0. The molecule has 0 aliphatic carbocycles. The lowest BCUT2D eigenvalue weighted by atomic mass is 10.1. The summed E-state index contributed by atoms with van der Waals surface area (Å²) < 4.78 is 4.64. The van der Waals surface area contributed by atoms with Crippen LogP contribution in [0, 0.1) is 0 Å². The Kier molecular flexibility index (Phi) is 4.00. The smallest absolute Gasteiger partial charge is 0.170 e. The molecule has 0 atom stereocenters. The van der Waals surface area contributed by atoms with Gasteiger partial charge >= 0.3 is 0 Å². The molecule has 80 valence electrons. The van der Waals surface area contributed by atoms with Crippen LogP contribution in [0.15, 0.2) is 24.3 Å². The van der Waals surface area contributed by atoms with Crippen molar-refractivity contribution in [2.75, 3.05) is 19.5 Å². The fourth-order valence-electron chi connectivity index (χ4n) is 1.16. The lowest BCUT2D eigenvalue weighted by molar-refractivity contribution is -0.121. The first-order valence-corrected chi connectivity index (χ1v) is 4.53. The summed E-state index contributed by atoms with van der Waals surface area (Å²) in [5, 5.41) is 0. The number of carbonyl (C=O) groups excluding carboxylic acids is 2. The first-order chi connectivity index (χ1) is 7.13. The van der Waals surface area contributed by atoms with Crippen LogP contribution >= 0.6 is 0 Å². The van der Waals surface area contributed by atoms with Crippen LogP contribution in [-0.4, -0.2) is 25.3 Å². The van der Waals surface area contributed by atoms with Crippen LogP contribution < -0.4 is 5.73 Å². The van der Waals surface area contributed by atoms with Crippen molar-refractivity contribution in [2.24, 2.45) is 0 Å². The second-order valence-electron chi connectivity index (χ2n) is 3.19. The Hall–Kier alpha value is -1.68. The minimum absolute atomic E-state index is 0.0271. The largest absolute Gasteiger partial charge is 0.399 e. The normalized spacial score (nSPS) is 9.93. The summed E-state index contributed by atoms with van der Waals surface area (Å²) in [6, 6.07) is 6.48. The number of anilines is 1. The number of hydrogen-bond donors (Lipinski definition) is 1. The summed E-state index contributed by atoms with van der Waals surface area (Å²) in [5.74, 6) is -0.434. The van der Waals surface area contributed by atoms with E-state index in [4.69, 9.17) is 5.73 Å². The maximum Gasteiger partial charge on any atom is 0.170 e. The average Bonchev–Trinajstić information content (AvgIpc) is 2.18. The SMILES string of the molecule is COCC(=O)CC(=O)c1ccc(N)cc1. The van der Waals surface area contributed by atoms with Gasteiger partial charge in [0, 0.05) is 18.4 Å². The van der Waals surface area contributed by atoms with Gasteiger partial charge in [-0.25, -0.2) is 0 Å². The topological polar surface area (TPSA) is 69.4 Å². The van der Waals surface area contributed by atoms with Gasteiger partial charge < -0.3 is 10.5 Å². The van der Waals surface area contributed by atoms with Crippen LogP contribution in [0.2, 0.25) is 0 Å². The van der Waals surface area contributed by atoms with Crippen LogP contribution in [0.25, 0.3) is 0 Å². The Bertz CT molecular complexity index is 357. The van der Waals surface area contributed by atoms with Gasteiger partial charge in [-0.05, 0) is 24.3 Å². The highest BCUT2D eigenvalue weighted by Gasteiger charge is 2.10. The molecule has 0 unspecified atom stereocenters. The van der Waals surface area contributed by atoms with Gasteiger partial charge in [-0.15, -0.1) is 0 Å². The molecule has 1 rings (SSSR count). The first kappa shape index (κ1) is 11.4. The zero-order valence-electron chi connectivity index (χ0n) is 8.53. The molecule has 2 N–H and O–H groups in total. The molecule has 0 aliphatic rings. The average molecular weight is 207 g/mol. The van der Waals surface area contributed by atoms with Crippen molar-refractivity contribution in [3.63, 3.8) is 0 Å². The van der Waals surface area contributed by atoms with Crippen LogP contribution in [0.5, 0.6) is 0 Å². The summed E-state index contributed by atoms with van der Waals surface area (Å²) in [7, 11) is 1.42. The van der Waals surface area contributed by atoms with Gasteiger partial charge in [0.2, 0.25) is 0 Å². The van der Waals surface area contributed by atoms with Gasteiger partial charge in [0.15, 0.2) is 11.6 Å². The van der Waals surface area contributed by atoms with Crippen LogP contribution in [0.1, 0.15) is 16.8 Å². The van der Waals surface area contributed by atoms with Crippen molar-refractivity contribution in [3.8, 4) is 0 Å². The van der Waals surface area contributed by atoms with E-state index in [-0.39, 0.29) is 24.6 Å². The molecule has 0 spiro atoms. The van der Waals surface area contributed by atoms with Crippen molar-refractivity contribution >= 4 is 17.3 Å². The Morgan fingerprint density at radius 2 is 1.87 bits per heavy atom. The molecule has 0 amide bonds. The second-order valence-corrected chi connectivity index (χ2v) is 3.19. The number of carbonyl (C=O) groups is 2. The van der Waals surface area contributed by atoms with Gasteiger partial charge in [0.25, 0.3) is 0 Å². The molecule has 0 aromatic heterocycles. The third-order valence-corrected chi connectivity index (χ3v) is 1.90. The molecular formula is C11H13NO3. The Labute approximate surface area is 88.0 Å². The third-order valence-electron chi connectivity index (χ3n) is 1.90. The maximum atomic E-state index is 11.5. The van der Waals surface area contributed by atoms with E-state index in [1.54, 1.807) is 24.3 Å². The molecular weight excluding hydrogens is 194 g/mol. The van der Waals surface area contributed by atoms with Crippen molar-refractivity contribution < 1.29 is 14.3 Å². The number of nitrogen functional groups attached to an aromatic ring is 1. The van der Waals surface area contributed by atoms with Crippen molar-refractivity contribution in [1.82, 2.24) is 0 Å². The van der Waals surface area contributed by atoms with Gasteiger partial charge in [-0.2, -0.15) is 0 Å². The summed E-state index contributed by atoms with van der Waals surface area (Å²) in [5.41, 5.74) is 6.56. The maximum absolute atomic E-state index is 11.5. The molecule has 0 fully saturated rings. The minimum Gasteiger partial charge on any atom is -0.399 e. The molecule has 1 aromatic carbocycles. The Morgan fingerprint density at radius 3 is 2.40 bits per heavy atom. The molecule has 0 saturated heterocycles. The van der Waals surface area contributed by atoms with E-state index in [1.807, 2.05) is 0 Å². The molecule has 0 bridgehead atoms. The van der Waals surface area contributed by atoms with Crippen LogP contribution in [0.3, 0.4) is 0 Å². The molecule has 0 saturated carbocycles. The van der Waals surface area contributed by atoms with E-state index >= 15 is 0 Å². The van der Waals surface area contributed by atoms with Gasteiger partial charge in [0.05, 0.1) is 6.42 Å². The summed E-state index contributed by atoms with van der Waals surface area (Å²) in [4.78, 5) is 22.6. The highest BCUT2D eigenvalue weighted by atomic mass is 16.5. The molecule has 4 nitrogen and oxygen atoms in total. The fourth-order valence-corrected chi connectivity index (χ4v) is 1.16. The quantitative estimate of drug-likeness (QED) is 0.445. The van der Waals surface area contributed by atoms with Gasteiger partial charge in [0.1, 0.15) is 6.61 Å². The predicted molar refractivity (Wildman–Crippen MR) is 56.7 cm³/mol. The number of methoxy groups -OCH3 is 1. The third kappa shape index (κ3) is 3.52. The molecule has 1 aromatic rings. The Morgan fingerprint density at radius 1 is 1.27 bits per heavy atom. The number of hydrogen-bond acceptors (Lipinski definition) is 4. The van der Waals surface area contributed by atoms with E-state index in [0.29, 0.717) is 11.3 Å². The standard InChI is InChI=1S/C11H13NO3/c1-15-7-10(13)6-11(14)8-2-4-9(12)5-3-8/h2-5H,6-7,12H2,1H3. The number of ketones is 2. The zero-order valence-corrected chi connectivity index (χ0v) is 8.53. The molecule has 4 heteroatoms. The van der Waals surface area contributed by atoms with Gasteiger partial charge in [-0.3, -0.25) is 9.59 Å². The van der Waals surface area contributed by atoms with Crippen molar-refractivity contribution in [3.05, 3.63) is 29.8 Å². The minimum atomic E-state index is -0.223. The monoisotopic (exact) mass is 207 g/mol. The highest BCUT2D eigenvalue weighted by molar-refractivity contribution is 6.08. The van der Waals surface area contributed by atoms with E-state index in [0.717, 1.165) is 0 Å². The number of benzene rings is 1. The zero-order chi connectivity index (χ0) is 11.3. The number of rotatable bonds is 5. The lowest BCUT2D eigenvalue weighted by Crippen LogP contribution is -2.12. The van der Waals surface area contributed by atoms with Crippen LogP contribution in [0.4, 0.5) is 5.69 Å². The van der Waals surface area contributed by atoms with Crippen LogP contribution in [-0.2, 0) is 9.53 Å². The number of ether oxygens (including phenoxy) is 1. The molecule has 0 aliphatic heterocycles. The summed E-state index contributed by atoms with van der Waals surface area (Å²) in [6.45, 7) is -0.0271. The molecule has 15 heavy (non-hydrogen) atoms. The molecule has 0 heterocycles. The van der Waals surface area contributed by atoms with Gasteiger partial charge in [-0.1, -0.05) is 0 Å². The predicted octanol–water partition coefficient (Wildman–Crippen LogP) is 1.06. The second kappa shape index (κ2) is 5.26. The van der Waals surface area contributed by atoms with E-state index in [1.165, 1.54) is 7.11 Å². The lowest BCUT2D eigenvalue weighted by Gasteiger charge is -2.00. The highest BCUT2D eigenvalue weighted by Crippen LogP contribution is 2.08. The van der Waals surface area contributed by atoms with E-state index in [9.17, 15) is 9.59 Å². The summed E-state index contributed by atoms with van der Waals surface area (Å²) in [6.07, 6.45) is -0.127. The van der Waals surface area contributed by atoms with E-state index in [2.05, 4.69) is 4.74 Å². The number of Topliss-reactive ketones (excluding diaryl/α,β-unsaturated/α-hetero) is 2. The number of nitrogens with two attached hydrogens (primary N) is 1.